The summed E-state index contributed by atoms with van der Waals surface area (Å²) in [4.78, 5) is 7.59. The van der Waals surface area contributed by atoms with Crippen molar-refractivity contribution in [3.63, 3.8) is 0 Å². The van der Waals surface area contributed by atoms with Gasteiger partial charge in [0.25, 0.3) is 0 Å². The summed E-state index contributed by atoms with van der Waals surface area (Å²) < 4.78 is 5.05. The molecule has 3 heterocycles. The zero-order valence-corrected chi connectivity index (χ0v) is 43.5. The highest BCUT2D eigenvalue weighted by Crippen LogP contribution is 2.64. The van der Waals surface area contributed by atoms with Crippen molar-refractivity contribution in [3.05, 3.63) is 289 Å². The first kappa shape index (κ1) is 43.7. The highest BCUT2D eigenvalue weighted by Gasteiger charge is 2.51. The van der Waals surface area contributed by atoms with Crippen molar-refractivity contribution in [1.29, 1.82) is 0 Å². The molecule has 0 N–H and O–H groups in total. The number of para-hydroxylation sites is 2. The minimum atomic E-state index is -0.604. The van der Waals surface area contributed by atoms with E-state index in [4.69, 9.17) is 0 Å². The average molecular weight is 1020 g/mol. The van der Waals surface area contributed by atoms with Gasteiger partial charge in [-0.1, -0.05) is 188 Å². The van der Waals surface area contributed by atoms with E-state index in [1.807, 2.05) is 34.4 Å². The third-order valence-electron chi connectivity index (χ3n) is 15.9. The number of fused-ring (bicyclic) bond motifs is 16. The van der Waals surface area contributed by atoms with Crippen LogP contribution in [-0.2, 0) is 5.41 Å². The maximum atomic E-state index is 2.60. The van der Waals surface area contributed by atoms with E-state index in [2.05, 4.69) is 277 Å². The first-order valence-electron chi connectivity index (χ1n) is 25.9. The van der Waals surface area contributed by atoms with E-state index in [1.54, 1.807) is 0 Å². The number of thiophene rings is 2. The molecular formula is C71H44N2S3. The van der Waals surface area contributed by atoms with Crippen LogP contribution in [0.3, 0.4) is 0 Å². The van der Waals surface area contributed by atoms with Crippen molar-refractivity contribution in [2.24, 2.45) is 0 Å². The Bertz CT molecular complexity index is 4560. The maximum Gasteiger partial charge on any atom is 0.0736 e. The lowest BCUT2D eigenvalue weighted by molar-refractivity contribution is 0.723. The van der Waals surface area contributed by atoms with Crippen molar-refractivity contribution in [1.82, 2.24) is 0 Å². The smallest absolute Gasteiger partial charge is 0.0736 e. The number of hydrogen-bond acceptors (Lipinski definition) is 5. The Balaban J connectivity index is 1.04. The SMILES string of the molecule is c1ccc(N(c2ccccc2)c2cccc3sc4ccc(N(c5cc(-c6cccc7ccccc67)c6c(c5)C5(c7ccccc7S6)c6ccccc6-c6ccccc65)c5cccc6sc7ccccc7c56)cc4c23)cc1. The van der Waals surface area contributed by atoms with Gasteiger partial charge in [-0.05, 0) is 146 Å². The second-order valence-electron chi connectivity index (χ2n) is 19.9. The fourth-order valence-corrected chi connectivity index (χ4v) is 16.3. The molecule has 16 rings (SSSR count). The molecule has 2 nitrogen and oxygen atoms in total. The molecule has 14 aromatic rings. The van der Waals surface area contributed by atoms with Gasteiger partial charge in [0.05, 0.1) is 16.8 Å². The van der Waals surface area contributed by atoms with Crippen LogP contribution in [-0.4, -0.2) is 0 Å². The van der Waals surface area contributed by atoms with Crippen molar-refractivity contribution >= 4 is 120 Å². The lowest BCUT2D eigenvalue weighted by Crippen LogP contribution is -2.32. The van der Waals surface area contributed by atoms with Gasteiger partial charge in [-0.15, -0.1) is 22.7 Å². The van der Waals surface area contributed by atoms with Gasteiger partial charge in [0, 0.05) is 72.9 Å². The molecule has 2 aromatic heterocycles. The van der Waals surface area contributed by atoms with Crippen LogP contribution in [0.2, 0.25) is 0 Å². The molecule has 0 unspecified atom stereocenters. The Morgan fingerprint density at radius 3 is 1.51 bits per heavy atom. The predicted molar refractivity (Wildman–Crippen MR) is 326 cm³/mol. The minimum Gasteiger partial charge on any atom is -0.310 e. The van der Waals surface area contributed by atoms with Gasteiger partial charge in [0.15, 0.2) is 0 Å². The quantitative estimate of drug-likeness (QED) is 0.157. The Hall–Kier alpha value is -8.71. The van der Waals surface area contributed by atoms with Gasteiger partial charge < -0.3 is 9.80 Å². The summed E-state index contributed by atoms with van der Waals surface area (Å²) in [6, 6.07) is 99.9. The fraction of sp³-hybridized carbons (Fsp3) is 0.0141. The van der Waals surface area contributed by atoms with Gasteiger partial charge in [-0.25, -0.2) is 0 Å². The summed E-state index contributed by atoms with van der Waals surface area (Å²) in [5, 5.41) is 7.45. The Kier molecular flexibility index (Phi) is 9.86. The Morgan fingerprint density at radius 1 is 0.289 bits per heavy atom. The molecule has 1 aliphatic heterocycles. The number of nitrogens with zero attached hydrogens (tertiary/aromatic N) is 2. The fourth-order valence-electron chi connectivity index (χ4n) is 12.8. The second-order valence-corrected chi connectivity index (χ2v) is 23.1. The third kappa shape index (κ3) is 6.40. The molecule has 12 aromatic carbocycles. The lowest BCUT2D eigenvalue weighted by atomic mass is 9.66. The molecule has 0 radical (unpaired) electrons. The minimum absolute atomic E-state index is 0.604. The van der Waals surface area contributed by atoms with Gasteiger partial charge in [0.1, 0.15) is 0 Å². The molecule has 356 valence electrons. The van der Waals surface area contributed by atoms with E-state index in [9.17, 15) is 0 Å². The third-order valence-corrected chi connectivity index (χ3v) is 19.4. The second kappa shape index (κ2) is 17.2. The molecule has 1 spiro atoms. The standard InChI is InChI=1S/C71H44N2S3/c1-3-22-46(23-4-1)72(47-24-5-2-6-25-47)62-35-19-39-67-69(62)56-42-48(40-41-64(56)75-67)73(61-34-18-38-66-68(61)54-29-11-15-36-63(54)74-66)49-43-55(51-30-17-21-45-20-7-8-26-50(45)51)70-60(44-49)71(59-33-14-16-37-65(59)76-70)57-31-12-9-27-52(57)53-28-10-13-32-58(53)71/h1-44H. The Morgan fingerprint density at radius 2 is 0.803 bits per heavy atom. The van der Waals surface area contributed by atoms with Gasteiger partial charge in [-0.2, -0.15) is 0 Å². The highest BCUT2D eigenvalue weighted by atomic mass is 32.2. The van der Waals surface area contributed by atoms with Crippen LogP contribution in [0.15, 0.2) is 277 Å². The van der Waals surface area contributed by atoms with Gasteiger partial charge in [-0.3, -0.25) is 0 Å². The van der Waals surface area contributed by atoms with E-state index >= 15 is 0 Å². The summed E-state index contributed by atoms with van der Waals surface area (Å²) in [5.74, 6) is 0. The average Bonchev–Trinajstić information content (AvgIpc) is 4.34. The van der Waals surface area contributed by atoms with Crippen LogP contribution in [0.25, 0.3) is 73.4 Å². The van der Waals surface area contributed by atoms with Crippen LogP contribution in [0, 0.1) is 0 Å². The van der Waals surface area contributed by atoms with Crippen molar-refractivity contribution in [2.45, 2.75) is 15.2 Å². The maximum absolute atomic E-state index is 2.60. The lowest BCUT2D eigenvalue weighted by Gasteiger charge is -2.41. The van der Waals surface area contributed by atoms with E-state index < -0.39 is 5.41 Å². The zero-order chi connectivity index (χ0) is 49.9. The molecule has 0 saturated heterocycles. The van der Waals surface area contributed by atoms with Crippen molar-refractivity contribution in [3.8, 4) is 22.3 Å². The molecule has 0 atom stereocenters. The molecule has 5 heteroatoms. The zero-order valence-electron chi connectivity index (χ0n) is 41.0. The summed E-state index contributed by atoms with van der Waals surface area (Å²) in [5.41, 5.74) is 16.4. The molecule has 1 aliphatic carbocycles. The van der Waals surface area contributed by atoms with Crippen molar-refractivity contribution in [2.75, 3.05) is 9.80 Å². The summed E-state index contributed by atoms with van der Waals surface area (Å²) >= 11 is 5.67. The van der Waals surface area contributed by atoms with E-state index in [0.29, 0.717) is 0 Å². The number of benzene rings is 12. The van der Waals surface area contributed by atoms with Gasteiger partial charge in [0.2, 0.25) is 0 Å². The van der Waals surface area contributed by atoms with Crippen LogP contribution >= 0.6 is 34.4 Å². The van der Waals surface area contributed by atoms with Crippen LogP contribution in [0.5, 0.6) is 0 Å². The molecule has 0 fully saturated rings. The topological polar surface area (TPSA) is 6.48 Å². The van der Waals surface area contributed by atoms with Crippen LogP contribution < -0.4 is 9.80 Å². The summed E-state index contributed by atoms with van der Waals surface area (Å²) in [6.07, 6.45) is 0. The van der Waals surface area contributed by atoms with E-state index in [1.165, 1.54) is 105 Å². The van der Waals surface area contributed by atoms with E-state index in [-0.39, 0.29) is 0 Å². The van der Waals surface area contributed by atoms with Crippen molar-refractivity contribution < 1.29 is 0 Å². The summed E-state index contributed by atoms with van der Waals surface area (Å²) in [6.45, 7) is 0. The molecule has 0 bridgehead atoms. The van der Waals surface area contributed by atoms with E-state index in [0.717, 1.165) is 34.1 Å². The molecule has 0 saturated carbocycles. The molecule has 2 aliphatic rings. The van der Waals surface area contributed by atoms with Crippen LogP contribution in [0.4, 0.5) is 34.1 Å². The molecular weight excluding hydrogens is 977 g/mol. The monoisotopic (exact) mass is 1020 g/mol. The number of hydrogen-bond donors (Lipinski definition) is 0. The number of rotatable bonds is 7. The molecule has 76 heavy (non-hydrogen) atoms. The highest BCUT2D eigenvalue weighted by molar-refractivity contribution is 7.99. The summed E-state index contributed by atoms with van der Waals surface area (Å²) in [7, 11) is 0. The largest absolute Gasteiger partial charge is 0.310 e. The first-order valence-corrected chi connectivity index (χ1v) is 28.3. The first-order chi connectivity index (χ1) is 37.7. The normalized spacial score (nSPS) is 13.1. The predicted octanol–water partition coefficient (Wildman–Crippen LogP) is 21.0. The Labute approximate surface area is 453 Å². The molecule has 0 amide bonds. The number of anilines is 6. The van der Waals surface area contributed by atoms with Gasteiger partial charge >= 0.3 is 0 Å². The van der Waals surface area contributed by atoms with Crippen LogP contribution in [0.1, 0.15) is 22.3 Å².